The molecular formula is C18H22N2O2S. The second-order valence-corrected chi connectivity index (χ2v) is 6.03. The van der Waals surface area contributed by atoms with Gasteiger partial charge in [-0.3, -0.25) is 9.59 Å². The Labute approximate surface area is 141 Å². The lowest BCUT2D eigenvalue weighted by Gasteiger charge is -2.22. The number of rotatable bonds is 7. The number of carbonyl (C=O) groups excluding carboxylic acids is 2. The van der Waals surface area contributed by atoms with E-state index in [0.717, 1.165) is 19.4 Å². The van der Waals surface area contributed by atoms with Crippen molar-refractivity contribution in [2.24, 2.45) is 0 Å². The topological polar surface area (TPSA) is 49.4 Å². The van der Waals surface area contributed by atoms with Gasteiger partial charge in [-0.25, -0.2) is 0 Å². The fourth-order valence-corrected chi connectivity index (χ4v) is 2.93. The summed E-state index contributed by atoms with van der Waals surface area (Å²) in [6, 6.07) is 8.94. The first kappa shape index (κ1) is 17.2. The second kappa shape index (κ2) is 8.48. The Hall–Kier alpha value is -2.14. The summed E-state index contributed by atoms with van der Waals surface area (Å²) < 4.78 is 0. The summed E-state index contributed by atoms with van der Waals surface area (Å²) in [6.45, 7) is 5.47. The fourth-order valence-electron chi connectivity index (χ4n) is 2.29. The van der Waals surface area contributed by atoms with Gasteiger partial charge in [-0.1, -0.05) is 25.5 Å². The Balaban J connectivity index is 2.19. The van der Waals surface area contributed by atoms with Crippen LogP contribution in [0.25, 0.3) is 0 Å². The van der Waals surface area contributed by atoms with E-state index in [0.29, 0.717) is 23.4 Å². The zero-order valence-corrected chi connectivity index (χ0v) is 14.4. The predicted octanol–water partition coefficient (Wildman–Crippen LogP) is 4.26. The van der Waals surface area contributed by atoms with E-state index in [1.807, 2.05) is 29.3 Å². The van der Waals surface area contributed by atoms with Crippen molar-refractivity contribution in [1.82, 2.24) is 4.90 Å². The Morgan fingerprint density at radius 3 is 2.61 bits per heavy atom. The van der Waals surface area contributed by atoms with Crippen molar-refractivity contribution in [2.75, 3.05) is 18.4 Å². The number of anilines is 1. The average molecular weight is 330 g/mol. The molecule has 0 aliphatic rings. The molecule has 122 valence electrons. The summed E-state index contributed by atoms with van der Waals surface area (Å²) in [5, 5.41) is 6.50. The predicted molar refractivity (Wildman–Crippen MR) is 95.2 cm³/mol. The summed E-state index contributed by atoms with van der Waals surface area (Å²) in [4.78, 5) is 26.8. The number of hydrogen-bond acceptors (Lipinski definition) is 3. The largest absolute Gasteiger partial charge is 0.339 e. The highest BCUT2D eigenvalue weighted by Gasteiger charge is 2.18. The Morgan fingerprint density at radius 1 is 1.17 bits per heavy atom. The van der Waals surface area contributed by atoms with Crippen molar-refractivity contribution < 1.29 is 9.59 Å². The van der Waals surface area contributed by atoms with Crippen molar-refractivity contribution in [1.29, 1.82) is 0 Å². The molecule has 0 spiro atoms. The molecule has 23 heavy (non-hydrogen) atoms. The van der Waals surface area contributed by atoms with Gasteiger partial charge in [-0.15, -0.1) is 0 Å². The molecule has 0 unspecified atom stereocenters. The minimum atomic E-state index is -0.192. The van der Waals surface area contributed by atoms with E-state index in [1.54, 1.807) is 23.6 Å². The third kappa shape index (κ3) is 4.42. The number of thiophene rings is 1. The van der Waals surface area contributed by atoms with Crippen LogP contribution in [-0.4, -0.2) is 29.8 Å². The molecule has 0 saturated carbocycles. The highest BCUT2D eigenvalue weighted by atomic mass is 32.1. The Kier molecular flexibility index (Phi) is 6.35. The summed E-state index contributed by atoms with van der Waals surface area (Å²) in [5.74, 6) is -0.231. The van der Waals surface area contributed by atoms with Crippen LogP contribution < -0.4 is 5.32 Å². The van der Waals surface area contributed by atoms with Crippen LogP contribution in [0.2, 0.25) is 0 Å². The minimum absolute atomic E-state index is 0.0397. The first-order chi connectivity index (χ1) is 11.2. The van der Waals surface area contributed by atoms with Gasteiger partial charge in [-0.2, -0.15) is 11.3 Å². The SMILES string of the molecule is CCCCN(CC)C(=O)c1ccccc1NC(=O)c1ccsc1. The Bertz CT molecular complexity index is 653. The maximum absolute atomic E-state index is 12.7. The highest BCUT2D eigenvalue weighted by molar-refractivity contribution is 7.08. The maximum Gasteiger partial charge on any atom is 0.256 e. The van der Waals surface area contributed by atoms with E-state index in [4.69, 9.17) is 0 Å². The van der Waals surface area contributed by atoms with Crippen molar-refractivity contribution in [2.45, 2.75) is 26.7 Å². The zero-order chi connectivity index (χ0) is 16.7. The number of hydrogen-bond donors (Lipinski definition) is 1. The van der Waals surface area contributed by atoms with Crippen molar-refractivity contribution in [3.05, 3.63) is 52.2 Å². The molecule has 0 aliphatic heterocycles. The number of nitrogens with zero attached hydrogens (tertiary/aromatic N) is 1. The molecule has 0 saturated heterocycles. The molecule has 2 aromatic rings. The molecule has 0 aliphatic carbocycles. The molecule has 5 heteroatoms. The van der Waals surface area contributed by atoms with Gasteiger partial charge >= 0.3 is 0 Å². The number of carbonyl (C=O) groups is 2. The second-order valence-electron chi connectivity index (χ2n) is 5.25. The molecule has 0 fully saturated rings. The van der Waals surface area contributed by atoms with Crippen molar-refractivity contribution >= 4 is 28.8 Å². The van der Waals surface area contributed by atoms with E-state index in [1.165, 1.54) is 11.3 Å². The van der Waals surface area contributed by atoms with Gasteiger partial charge < -0.3 is 10.2 Å². The normalized spacial score (nSPS) is 10.3. The Morgan fingerprint density at radius 2 is 1.96 bits per heavy atom. The van der Waals surface area contributed by atoms with Crippen LogP contribution in [0.3, 0.4) is 0 Å². The summed E-state index contributed by atoms with van der Waals surface area (Å²) in [6.07, 6.45) is 2.02. The van der Waals surface area contributed by atoms with Crippen LogP contribution in [0.5, 0.6) is 0 Å². The monoisotopic (exact) mass is 330 g/mol. The van der Waals surface area contributed by atoms with Gasteiger partial charge in [-0.05, 0) is 36.9 Å². The summed E-state index contributed by atoms with van der Waals surface area (Å²) in [7, 11) is 0. The molecule has 1 N–H and O–H groups in total. The lowest BCUT2D eigenvalue weighted by atomic mass is 10.1. The number of unbranched alkanes of at least 4 members (excludes halogenated alkanes) is 1. The van der Waals surface area contributed by atoms with E-state index < -0.39 is 0 Å². The molecule has 2 amide bonds. The summed E-state index contributed by atoms with van der Waals surface area (Å²) >= 11 is 1.47. The van der Waals surface area contributed by atoms with E-state index in [2.05, 4.69) is 12.2 Å². The van der Waals surface area contributed by atoms with Crippen molar-refractivity contribution in [3.8, 4) is 0 Å². The van der Waals surface area contributed by atoms with Crippen LogP contribution in [0.4, 0.5) is 5.69 Å². The van der Waals surface area contributed by atoms with Crippen LogP contribution in [0.15, 0.2) is 41.1 Å². The standard InChI is InChI=1S/C18H22N2O2S/c1-3-5-11-20(4-2)18(22)15-8-6-7-9-16(15)19-17(21)14-10-12-23-13-14/h6-10,12-13H,3-5,11H2,1-2H3,(H,19,21). The molecule has 0 bridgehead atoms. The zero-order valence-electron chi connectivity index (χ0n) is 13.5. The van der Waals surface area contributed by atoms with Gasteiger partial charge in [0.1, 0.15) is 0 Å². The third-order valence-corrected chi connectivity index (χ3v) is 4.32. The van der Waals surface area contributed by atoms with Gasteiger partial charge in [0.25, 0.3) is 11.8 Å². The van der Waals surface area contributed by atoms with Gasteiger partial charge in [0.05, 0.1) is 16.8 Å². The third-order valence-electron chi connectivity index (χ3n) is 3.64. The van der Waals surface area contributed by atoms with E-state index in [9.17, 15) is 9.59 Å². The van der Waals surface area contributed by atoms with E-state index in [-0.39, 0.29) is 11.8 Å². The molecular weight excluding hydrogens is 308 g/mol. The quantitative estimate of drug-likeness (QED) is 0.824. The maximum atomic E-state index is 12.7. The number of amides is 2. The molecule has 1 heterocycles. The van der Waals surface area contributed by atoms with Gasteiger partial charge in [0, 0.05) is 18.5 Å². The number of nitrogens with one attached hydrogen (secondary N) is 1. The minimum Gasteiger partial charge on any atom is -0.339 e. The molecule has 4 nitrogen and oxygen atoms in total. The molecule has 0 radical (unpaired) electrons. The molecule has 1 aromatic heterocycles. The molecule has 0 atom stereocenters. The lowest BCUT2D eigenvalue weighted by Crippen LogP contribution is -2.32. The molecule has 1 aromatic carbocycles. The average Bonchev–Trinajstić information content (AvgIpc) is 3.10. The van der Waals surface area contributed by atoms with Gasteiger partial charge in [0.15, 0.2) is 0 Å². The smallest absolute Gasteiger partial charge is 0.256 e. The first-order valence-corrected chi connectivity index (χ1v) is 8.83. The fraction of sp³-hybridized carbons (Fsp3) is 0.333. The highest BCUT2D eigenvalue weighted by Crippen LogP contribution is 2.19. The van der Waals surface area contributed by atoms with Crippen LogP contribution >= 0.6 is 11.3 Å². The number of benzene rings is 1. The number of para-hydroxylation sites is 1. The lowest BCUT2D eigenvalue weighted by molar-refractivity contribution is 0.0763. The van der Waals surface area contributed by atoms with Crippen LogP contribution in [0.1, 0.15) is 47.4 Å². The van der Waals surface area contributed by atoms with E-state index >= 15 is 0 Å². The van der Waals surface area contributed by atoms with Crippen LogP contribution in [-0.2, 0) is 0 Å². The first-order valence-electron chi connectivity index (χ1n) is 7.89. The summed E-state index contributed by atoms with van der Waals surface area (Å²) in [5.41, 5.74) is 1.70. The molecule has 2 rings (SSSR count). The van der Waals surface area contributed by atoms with Crippen molar-refractivity contribution in [3.63, 3.8) is 0 Å². The van der Waals surface area contributed by atoms with Crippen LogP contribution in [0, 0.1) is 0 Å². The van der Waals surface area contributed by atoms with Gasteiger partial charge in [0.2, 0.25) is 0 Å².